The summed E-state index contributed by atoms with van der Waals surface area (Å²) in [6.07, 6.45) is 1.09. The second-order valence-electron chi connectivity index (χ2n) is 11.2. The second kappa shape index (κ2) is 13.8. The molecule has 0 heterocycles. The molecule has 2 unspecified atom stereocenters. The zero-order chi connectivity index (χ0) is 30.2. The first-order valence-corrected chi connectivity index (χ1v) is 13.8. The number of amides is 3. The largest absolute Gasteiger partial charge is 0.444 e. The number of aryl methyl sites for hydroxylation is 3. The first kappa shape index (κ1) is 31.1. The second-order valence-corrected chi connectivity index (χ2v) is 11.2. The number of carbonyl (C=O) groups is 3. The van der Waals surface area contributed by atoms with Crippen LogP contribution in [0.15, 0.2) is 85.5 Å². The summed E-state index contributed by atoms with van der Waals surface area (Å²) in [6.45, 7) is 15.0. The van der Waals surface area contributed by atoms with Gasteiger partial charge in [0.15, 0.2) is 0 Å². The average molecular weight is 556 g/mol. The molecule has 0 saturated heterocycles. The highest BCUT2D eigenvalue weighted by molar-refractivity contribution is 5.99. The van der Waals surface area contributed by atoms with Gasteiger partial charge in [0.05, 0.1) is 0 Å². The van der Waals surface area contributed by atoms with Crippen LogP contribution >= 0.6 is 0 Å². The topological polar surface area (TPSA) is 87.7 Å². The van der Waals surface area contributed by atoms with E-state index in [0.717, 1.165) is 22.3 Å². The summed E-state index contributed by atoms with van der Waals surface area (Å²) in [5.41, 5.74) is 4.18. The van der Waals surface area contributed by atoms with Crippen molar-refractivity contribution in [2.45, 2.75) is 65.6 Å². The Bertz CT molecular complexity index is 1380. The summed E-state index contributed by atoms with van der Waals surface area (Å²) in [4.78, 5) is 42.9. The van der Waals surface area contributed by atoms with Gasteiger partial charge in [-0.2, -0.15) is 0 Å². The van der Waals surface area contributed by atoms with Crippen molar-refractivity contribution in [3.8, 4) is 0 Å². The van der Waals surface area contributed by atoms with Crippen molar-refractivity contribution >= 4 is 23.6 Å². The number of ether oxygens (including phenoxy) is 1. The Labute approximate surface area is 243 Å². The maximum absolute atomic E-state index is 14.4. The molecular formula is C34H41N3O4. The number of rotatable bonds is 10. The smallest absolute Gasteiger partial charge is 0.408 e. The Morgan fingerprint density at radius 1 is 0.927 bits per heavy atom. The van der Waals surface area contributed by atoms with Crippen LogP contribution in [0.2, 0.25) is 0 Å². The Hall–Kier alpha value is -4.39. The summed E-state index contributed by atoms with van der Waals surface area (Å²) >= 11 is 0. The molecule has 7 heteroatoms. The molecular weight excluding hydrogens is 514 g/mol. The molecule has 0 bridgehead atoms. The minimum Gasteiger partial charge on any atom is -0.444 e. The first-order valence-electron chi connectivity index (χ1n) is 13.8. The predicted molar refractivity (Wildman–Crippen MR) is 164 cm³/mol. The number of carbonyl (C=O) groups excluding carboxylic acids is 3. The highest BCUT2D eigenvalue weighted by Crippen LogP contribution is 2.29. The number of benzene rings is 3. The van der Waals surface area contributed by atoms with Gasteiger partial charge in [0.1, 0.15) is 17.7 Å². The first-order chi connectivity index (χ1) is 19.4. The molecule has 0 aromatic heterocycles. The van der Waals surface area contributed by atoms with E-state index in [2.05, 4.69) is 17.2 Å². The fourth-order valence-electron chi connectivity index (χ4n) is 4.58. The lowest BCUT2D eigenvalue weighted by molar-refractivity contribution is -0.140. The molecule has 7 nitrogen and oxygen atoms in total. The zero-order valence-corrected chi connectivity index (χ0v) is 24.9. The molecule has 3 aromatic carbocycles. The van der Waals surface area contributed by atoms with Crippen molar-refractivity contribution in [2.24, 2.45) is 0 Å². The summed E-state index contributed by atoms with van der Waals surface area (Å²) in [7, 11) is 0. The molecule has 3 rings (SSSR count). The van der Waals surface area contributed by atoms with Gasteiger partial charge in [0.2, 0.25) is 5.91 Å². The van der Waals surface area contributed by atoms with Crippen molar-refractivity contribution < 1.29 is 19.1 Å². The van der Waals surface area contributed by atoms with E-state index in [1.807, 2.05) is 93.6 Å². The number of hydrogen-bond acceptors (Lipinski definition) is 4. The van der Waals surface area contributed by atoms with E-state index in [0.29, 0.717) is 11.3 Å². The van der Waals surface area contributed by atoms with Crippen LogP contribution < -0.4 is 10.6 Å². The normalized spacial score (nSPS) is 12.5. The van der Waals surface area contributed by atoms with E-state index < -0.39 is 29.7 Å². The molecule has 216 valence electrons. The third-order valence-electron chi connectivity index (χ3n) is 6.57. The lowest BCUT2D eigenvalue weighted by Crippen LogP contribution is -2.53. The van der Waals surface area contributed by atoms with Crippen LogP contribution in [0.1, 0.15) is 54.6 Å². The zero-order valence-electron chi connectivity index (χ0n) is 24.9. The van der Waals surface area contributed by atoms with Crippen molar-refractivity contribution in [1.29, 1.82) is 0 Å². The van der Waals surface area contributed by atoms with Crippen LogP contribution in [0, 0.1) is 20.8 Å². The Kier molecular flexibility index (Phi) is 10.5. The molecule has 0 aliphatic carbocycles. The molecule has 0 aliphatic rings. The molecule has 2 N–H and O–H groups in total. The minimum atomic E-state index is -0.994. The van der Waals surface area contributed by atoms with Crippen LogP contribution in [0.5, 0.6) is 0 Å². The van der Waals surface area contributed by atoms with Gasteiger partial charge in [-0.15, -0.1) is 6.58 Å². The molecule has 0 fully saturated rings. The van der Waals surface area contributed by atoms with Gasteiger partial charge in [-0.05, 0) is 69.9 Å². The molecule has 3 aromatic rings. The fraction of sp³-hybridized carbons (Fsp3) is 0.324. The van der Waals surface area contributed by atoms with Crippen molar-refractivity contribution in [3.63, 3.8) is 0 Å². The van der Waals surface area contributed by atoms with Crippen LogP contribution in [0.4, 0.5) is 10.5 Å². The summed E-state index contributed by atoms with van der Waals surface area (Å²) < 4.78 is 5.50. The van der Waals surface area contributed by atoms with Crippen LogP contribution in [-0.2, 0) is 20.7 Å². The van der Waals surface area contributed by atoms with E-state index in [-0.39, 0.29) is 18.9 Å². The standard InChI is InChI=1S/C34H41N3O4/c1-8-20-37(32(39)29(22-26-15-10-9-11-16-26)36-33(40)41-34(5,6)7)30(27-21-23(2)18-19-24(27)3)31(38)35-28-17-13-12-14-25(28)4/h8-19,21,29-30H,1,20,22H2,2-7H3,(H,35,38)(H,36,40). The Balaban J connectivity index is 2.09. The van der Waals surface area contributed by atoms with E-state index in [1.165, 1.54) is 4.90 Å². The lowest BCUT2D eigenvalue weighted by atomic mass is 9.95. The van der Waals surface area contributed by atoms with Crippen LogP contribution in [0.25, 0.3) is 0 Å². The van der Waals surface area contributed by atoms with Gasteiger partial charge in [0.25, 0.3) is 5.91 Å². The number of para-hydroxylation sites is 1. The summed E-state index contributed by atoms with van der Waals surface area (Å²) in [5.74, 6) is -0.788. The van der Waals surface area contributed by atoms with Crippen molar-refractivity contribution in [2.75, 3.05) is 11.9 Å². The fourth-order valence-corrected chi connectivity index (χ4v) is 4.58. The van der Waals surface area contributed by atoms with Gasteiger partial charge in [-0.25, -0.2) is 4.79 Å². The molecule has 2 atom stereocenters. The Morgan fingerprint density at radius 2 is 1.59 bits per heavy atom. The van der Waals surface area contributed by atoms with E-state index in [1.54, 1.807) is 26.8 Å². The van der Waals surface area contributed by atoms with Gasteiger partial charge in [0, 0.05) is 18.7 Å². The van der Waals surface area contributed by atoms with E-state index >= 15 is 0 Å². The summed E-state index contributed by atoms with van der Waals surface area (Å²) in [6, 6.07) is 20.8. The van der Waals surface area contributed by atoms with Gasteiger partial charge >= 0.3 is 6.09 Å². The highest BCUT2D eigenvalue weighted by Gasteiger charge is 2.36. The number of hydrogen-bond donors (Lipinski definition) is 2. The van der Waals surface area contributed by atoms with Gasteiger partial charge < -0.3 is 20.3 Å². The minimum absolute atomic E-state index is 0.0827. The van der Waals surface area contributed by atoms with Crippen molar-refractivity contribution in [1.82, 2.24) is 10.2 Å². The number of anilines is 1. The quantitative estimate of drug-likeness (QED) is 0.282. The molecule has 3 amide bonds. The number of nitrogens with one attached hydrogen (secondary N) is 2. The number of nitrogens with zero attached hydrogens (tertiary/aromatic N) is 1. The third-order valence-corrected chi connectivity index (χ3v) is 6.57. The van der Waals surface area contributed by atoms with Gasteiger partial charge in [-0.1, -0.05) is 78.4 Å². The maximum atomic E-state index is 14.4. The van der Waals surface area contributed by atoms with Gasteiger partial charge in [-0.3, -0.25) is 9.59 Å². The monoisotopic (exact) mass is 555 g/mol. The van der Waals surface area contributed by atoms with E-state index in [4.69, 9.17) is 4.74 Å². The van der Waals surface area contributed by atoms with Crippen LogP contribution in [0.3, 0.4) is 0 Å². The summed E-state index contributed by atoms with van der Waals surface area (Å²) in [5, 5.41) is 5.80. The highest BCUT2D eigenvalue weighted by atomic mass is 16.6. The molecule has 0 spiro atoms. The predicted octanol–water partition coefficient (Wildman–Crippen LogP) is 6.44. The number of alkyl carbamates (subject to hydrolysis) is 1. The molecule has 0 saturated carbocycles. The van der Waals surface area contributed by atoms with Crippen molar-refractivity contribution in [3.05, 3.63) is 113 Å². The molecule has 41 heavy (non-hydrogen) atoms. The van der Waals surface area contributed by atoms with Crippen LogP contribution in [-0.4, -0.2) is 41.0 Å². The molecule has 0 aliphatic heterocycles. The maximum Gasteiger partial charge on any atom is 0.408 e. The third kappa shape index (κ3) is 8.80. The Morgan fingerprint density at radius 3 is 2.22 bits per heavy atom. The molecule has 0 radical (unpaired) electrons. The average Bonchev–Trinajstić information content (AvgIpc) is 2.90. The lowest BCUT2D eigenvalue weighted by Gasteiger charge is -2.34. The SMILES string of the molecule is C=CCN(C(=O)C(Cc1ccccc1)NC(=O)OC(C)(C)C)C(C(=O)Nc1ccccc1C)c1cc(C)ccc1C. The van der Waals surface area contributed by atoms with E-state index in [9.17, 15) is 14.4 Å².